The maximum absolute atomic E-state index is 13.0. The first kappa shape index (κ1) is 20.3. The fraction of sp³-hybridized carbons (Fsp3) is 0.333. The van der Waals surface area contributed by atoms with E-state index in [1.165, 1.54) is 0 Å². The number of nitrogens with one attached hydrogen (secondary N) is 1. The van der Waals surface area contributed by atoms with Crippen molar-refractivity contribution in [3.05, 3.63) is 47.3 Å². The predicted octanol–water partition coefficient (Wildman–Crippen LogP) is 3.73. The summed E-state index contributed by atoms with van der Waals surface area (Å²) in [4.78, 5) is 28.2. The van der Waals surface area contributed by atoms with Gasteiger partial charge in [0.15, 0.2) is 12.3 Å². The number of carboxylic acids is 1. The monoisotopic (exact) mass is 396 g/mol. The molecule has 3 aromatic rings. The van der Waals surface area contributed by atoms with Gasteiger partial charge in [-0.25, -0.2) is 14.5 Å². The van der Waals surface area contributed by atoms with Crippen LogP contribution in [0.3, 0.4) is 0 Å². The Morgan fingerprint density at radius 3 is 2.69 bits per heavy atom. The zero-order valence-electron chi connectivity index (χ0n) is 16.9. The second kappa shape index (κ2) is 8.30. The third-order valence-corrected chi connectivity index (χ3v) is 4.76. The van der Waals surface area contributed by atoms with Crippen molar-refractivity contribution >= 4 is 28.6 Å². The lowest BCUT2D eigenvalue weighted by Crippen LogP contribution is -2.14. The van der Waals surface area contributed by atoms with Gasteiger partial charge in [-0.15, -0.1) is 0 Å². The molecule has 0 spiro atoms. The molecule has 0 saturated heterocycles. The summed E-state index contributed by atoms with van der Waals surface area (Å²) in [6.07, 6.45) is 2.59. The number of carboxylic acid groups (broad SMARTS) is 1. The van der Waals surface area contributed by atoms with E-state index in [0.29, 0.717) is 28.0 Å². The van der Waals surface area contributed by atoms with Crippen molar-refractivity contribution in [1.29, 1.82) is 0 Å². The van der Waals surface area contributed by atoms with Crippen LogP contribution in [0.4, 0.5) is 5.69 Å². The number of aromatic nitrogens is 3. The molecule has 0 radical (unpaired) electrons. The molecule has 152 valence electrons. The number of rotatable bonds is 7. The average molecular weight is 396 g/mol. The Balaban J connectivity index is 1.88. The molecule has 1 atom stereocenters. The quantitative estimate of drug-likeness (QED) is 0.630. The smallest absolute Gasteiger partial charge is 0.341 e. The predicted molar refractivity (Wildman–Crippen MR) is 110 cm³/mol. The molecule has 29 heavy (non-hydrogen) atoms. The Kier molecular flexibility index (Phi) is 5.81. The first-order valence-electron chi connectivity index (χ1n) is 9.41. The molecule has 1 unspecified atom stereocenters. The number of fused-ring (bicyclic) bond motifs is 1. The van der Waals surface area contributed by atoms with Crippen LogP contribution < -0.4 is 10.1 Å². The van der Waals surface area contributed by atoms with Gasteiger partial charge in [0.05, 0.1) is 23.2 Å². The van der Waals surface area contributed by atoms with E-state index in [0.717, 1.165) is 17.7 Å². The van der Waals surface area contributed by atoms with E-state index in [2.05, 4.69) is 29.2 Å². The summed E-state index contributed by atoms with van der Waals surface area (Å²) in [7, 11) is 0. The molecule has 0 bridgehead atoms. The van der Waals surface area contributed by atoms with Gasteiger partial charge >= 0.3 is 5.97 Å². The van der Waals surface area contributed by atoms with E-state index < -0.39 is 12.6 Å². The number of anilines is 1. The van der Waals surface area contributed by atoms with Crippen molar-refractivity contribution in [2.24, 2.45) is 0 Å². The summed E-state index contributed by atoms with van der Waals surface area (Å²) < 4.78 is 7.02. The van der Waals surface area contributed by atoms with Crippen LogP contribution in [0.15, 0.2) is 30.5 Å². The van der Waals surface area contributed by atoms with E-state index in [4.69, 9.17) is 9.84 Å². The standard InChI is InChI=1S/C21H24N4O4/c1-5-14(4)25-20-17(10-22-25)16(9-13(3)23-20)21(28)24-18-7-6-15(8-12(18)2)29-11-19(26)27/h6-10,14H,5,11H2,1-4H3,(H,24,28)(H,26,27). The molecule has 0 aliphatic heterocycles. The van der Waals surface area contributed by atoms with Gasteiger partial charge in [0, 0.05) is 11.4 Å². The Morgan fingerprint density at radius 2 is 2.03 bits per heavy atom. The highest BCUT2D eigenvalue weighted by Crippen LogP contribution is 2.25. The molecule has 0 aliphatic carbocycles. The lowest BCUT2D eigenvalue weighted by Gasteiger charge is -2.13. The first-order valence-corrected chi connectivity index (χ1v) is 9.41. The maximum Gasteiger partial charge on any atom is 0.341 e. The molecular weight excluding hydrogens is 372 g/mol. The number of hydrogen-bond acceptors (Lipinski definition) is 5. The van der Waals surface area contributed by atoms with Crippen molar-refractivity contribution in [2.75, 3.05) is 11.9 Å². The van der Waals surface area contributed by atoms with Gasteiger partial charge in [-0.2, -0.15) is 5.10 Å². The Labute approximate surface area is 168 Å². The summed E-state index contributed by atoms with van der Waals surface area (Å²) in [5, 5.41) is 16.8. The number of carbonyl (C=O) groups is 2. The van der Waals surface area contributed by atoms with Crippen LogP contribution in [0.25, 0.3) is 11.0 Å². The fourth-order valence-electron chi connectivity index (χ4n) is 3.03. The number of ether oxygens (including phenoxy) is 1. The summed E-state index contributed by atoms with van der Waals surface area (Å²) in [5.41, 5.74) is 3.32. The van der Waals surface area contributed by atoms with Crippen LogP contribution in [0.5, 0.6) is 5.75 Å². The lowest BCUT2D eigenvalue weighted by molar-refractivity contribution is -0.139. The van der Waals surface area contributed by atoms with Gasteiger partial charge < -0.3 is 15.2 Å². The molecule has 1 amide bonds. The van der Waals surface area contributed by atoms with Crippen LogP contribution in [0.2, 0.25) is 0 Å². The molecule has 2 N–H and O–H groups in total. The fourth-order valence-corrected chi connectivity index (χ4v) is 3.03. The number of amides is 1. The van der Waals surface area contributed by atoms with Crippen molar-refractivity contribution in [3.63, 3.8) is 0 Å². The summed E-state index contributed by atoms with van der Waals surface area (Å²) in [5.74, 6) is -0.874. The van der Waals surface area contributed by atoms with E-state index in [9.17, 15) is 9.59 Å². The normalized spacial score (nSPS) is 12.0. The lowest BCUT2D eigenvalue weighted by atomic mass is 10.1. The zero-order chi connectivity index (χ0) is 21.1. The number of benzene rings is 1. The van der Waals surface area contributed by atoms with E-state index >= 15 is 0 Å². The van der Waals surface area contributed by atoms with Crippen LogP contribution in [0.1, 0.15) is 47.9 Å². The molecule has 0 fully saturated rings. The third-order valence-electron chi connectivity index (χ3n) is 4.76. The molecule has 3 rings (SSSR count). The molecule has 1 aromatic carbocycles. The van der Waals surface area contributed by atoms with Crippen molar-refractivity contribution in [1.82, 2.24) is 14.8 Å². The molecule has 0 aliphatic rings. The van der Waals surface area contributed by atoms with Gasteiger partial charge in [0.1, 0.15) is 5.75 Å². The second-order valence-corrected chi connectivity index (χ2v) is 7.01. The van der Waals surface area contributed by atoms with Gasteiger partial charge in [-0.1, -0.05) is 6.92 Å². The molecule has 8 heteroatoms. The Bertz CT molecular complexity index is 1070. The second-order valence-electron chi connectivity index (χ2n) is 7.01. The highest BCUT2D eigenvalue weighted by atomic mass is 16.5. The number of pyridine rings is 1. The minimum absolute atomic E-state index is 0.179. The van der Waals surface area contributed by atoms with Gasteiger partial charge in [0.2, 0.25) is 0 Å². The zero-order valence-corrected chi connectivity index (χ0v) is 16.9. The third kappa shape index (κ3) is 4.37. The molecular formula is C21H24N4O4. The Hall–Kier alpha value is -3.42. The minimum atomic E-state index is -1.05. The number of aryl methyl sites for hydroxylation is 2. The van der Waals surface area contributed by atoms with Gasteiger partial charge in [-0.05, 0) is 57.0 Å². The molecule has 8 nitrogen and oxygen atoms in total. The highest BCUT2D eigenvalue weighted by molar-refractivity contribution is 6.12. The van der Waals surface area contributed by atoms with E-state index in [1.807, 2.05) is 18.5 Å². The number of nitrogens with zero attached hydrogens (tertiary/aromatic N) is 3. The molecule has 0 saturated carbocycles. The number of aliphatic carboxylic acids is 1. The van der Waals surface area contributed by atoms with Crippen molar-refractivity contribution in [3.8, 4) is 5.75 Å². The van der Waals surface area contributed by atoms with Gasteiger partial charge in [-0.3, -0.25) is 4.79 Å². The van der Waals surface area contributed by atoms with Crippen molar-refractivity contribution < 1.29 is 19.4 Å². The number of hydrogen-bond donors (Lipinski definition) is 2. The summed E-state index contributed by atoms with van der Waals surface area (Å²) in [6.45, 7) is 7.39. The first-order chi connectivity index (χ1) is 13.8. The Morgan fingerprint density at radius 1 is 1.28 bits per heavy atom. The van der Waals surface area contributed by atoms with Crippen LogP contribution >= 0.6 is 0 Å². The number of carbonyl (C=O) groups excluding carboxylic acids is 1. The SMILES string of the molecule is CCC(C)n1ncc2c(C(=O)Nc3ccc(OCC(=O)O)cc3C)cc(C)nc21. The van der Waals surface area contributed by atoms with Crippen LogP contribution in [0, 0.1) is 13.8 Å². The topological polar surface area (TPSA) is 106 Å². The summed E-state index contributed by atoms with van der Waals surface area (Å²) >= 11 is 0. The largest absolute Gasteiger partial charge is 0.482 e. The van der Waals surface area contributed by atoms with E-state index in [-0.39, 0.29) is 11.9 Å². The van der Waals surface area contributed by atoms with Crippen LogP contribution in [-0.2, 0) is 4.79 Å². The van der Waals surface area contributed by atoms with E-state index in [1.54, 1.807) is 30.5 Å². The minimum Gasteiger partial charge on any atom is -0.482 e. The summed E-state index contributed by atoms with van der Waals surface area (Å²) in [6, 6.07) is 6.93. The van der Waals surface area contributed by atoms with Crippen molar-refractivity contribution in [2.45, 2.75) is 40.2 Å². The average Bonchev–Trinajstić information content (AvgIpc) is 3.10. The van der Waals surface area contributed by atoms with Crippen LogP contribution in [-0.4, -0.2) is 38.4 Å². The van der Waals surface area contributed by atoms with Gasteiger partial charge in [0.25, 0.3) is 5.91 Å². The highest BCUT2D eigenvalue weighted by Gasteiger charge is 2.18. The maximum atomic E-state index is 13.0. The molecule has 2 aromatic heterocycles. The molecule has 2 heterocycles.